The van der Waals surface area contributed by atoms with Crippen LogP contribution in [0.25, 0.3) is 6.08 Å². The molecule has 0 fully saturated rings. The fourth-order valence-corrected chi connectivity index (χ4v) is 2.70. The predicted molar refractivity (Wildman–Crippen MR) is 112 cm³/mol. The fraction of sp³-hybridized carbons (Fsp3) is 0.143. The summed E-state index contributed by atoms with van der Waals surface area (Å²) >= 11 is 0. The molecule has 0 spiro atoms. The minimum atomic E-state index is -2.02. The predicted octanol–water partition coefficient (Wildman–Crippen LogP) is 1.73. The van der Waals surface area contributed by atoms with Crippen LogP contribution in [0.2, 0.25) is 0 Å². The summed E-state index contributed by atoms with van der Waals surface area (Å²) in [5, 5.41) is 15.6. The number of ether oxygens (including phenoxy) is 1. The zero-order valence-corrected chi connectivity index (χ0v) is 16.4. The molecule has 0 saturated carbocycles. The van der Waals surface area contributed by atoms with Gasteiger partial charge in [-0.1, -0.05) is 30.3 Å². The van der Waals surface area contributed by atoms with Crippen molar-refractivity contribution < 1.29 is 24.0 Å². The number of benzene rings is 2. The third-order valence-corrected chi connectivity index (χ3v) is 4.16. The van der Waals surface area contributed by atoms with Crippen LogP contribution in [0.1, 0.15) is 11.1 Å². The molecule has 31 heavy (non-hydrogen) atoms. The van der Waals surface area contributed by atoms with E-state index in [1.165, 1.54) is 6.08 Å². The highest BCUT2D eigenvalue weighted by molar-refractivity contribution is 6.21. The molecule has 0 bridgehead atoms. The number of carbonyl (C=O) groups excluding carboxylic acids is 3. The number of carbonyl (C=O) groups is 3. The number of hydrogen-bond acceptors (Lipinski definition) is 6. The number of anilines is 1. The highest BCUT2D eigenvalue weighted by Gasteiger charge is 2.41. The smallest absolute Gasteiger partial charge is 0.368 e. The van der Waals surface area contributed by atoms with Crippen molar-refractivity contribution in [1.82, 2.24) is 5.32 Å². The summed E-state index contributed by atoms with van der Waals surface area (Å²) in [4.78, 5) is 48.4. The van der Waals surface area contributed by atoms with Crippen molar-refractivity contribution in [2.24, 2.45) is 4.99 Å². The van der Waals surface area contributed by atoms with Gasteiger partial charge in [0.1, 0.15) is 11.6 Å². The molecule has 1 heterocycles. The van der Waals surface area contributed by atoms with Gasteiger partial charge in [0.2, 0.25) is 0 Å². The molecule has 2 aromatic rings. The van der Waals surface area contributed by atoms with E-state index in [2.05, 4.69) is 15.6 Å². The van der Waals surface area contributed by atoms with Gasteiger partial charge in [0, 0.05) is 10.6 Å². The molecule has 3 rings (SSSR count). The Kier molecular flexibility index (Phi) is 6.51. The van der Waals surface area contributed by atoms with Crippen LogP contribution in [-0.4, -0.2) is 41.1 Å². The van der Waals surface area contributed by atoms with Gasteiger partial charge in [-0.15, -0.1) is 0 Å². The van der Waals surface area contributed by atoms with Crippen LogP contribution in [0.3, 0.4) is 0 Å². The van der Waals surface area contributed by atoms with E-state index in [4.69, 9.17) is 4.74 Å². The summed E-state index contributed by atoms with van der Waals surface area (Å²) in [5.41, 5.74) is 2.41. The van der Waals surface area contributed by atoms with Gasteiger partial charge in [0.05, 0.1) is 0 Å². The molecule has 0 aliphatic carbocycles. The SMILES string of the molecule is Cc1cccc(NC(=O)COc2ccc(/C=C/C3=NC(=O)C([N+](=O)[O-])C(=O)N3)cc2)c1. The number of nitrogens with one attached hydrogen (secondary N) is 2. The standard InChI is InChI=1S/C21H18N4O6/c1-13-3-2-4-15(11-13)22-18(26)12-31-16-8-5-14(6-9-16)7-10-17-23-20(27)19(25(29)30)21(28)24-17/h2-11,19H,12H2,1H3,(H,22,26)(H,23,24,27,28)/b10-7+. The Morgan fingerprint density at radius 3 is 2.61 bits per heavy atom. The molecule has 0 aromatic heterocycles. The summed E-state index contributed by atoms with van der Waals surface area (Å²) in [6.07, 6.45) is 2.92. The van der Waals surface area contributed by atoms with Crippen molar-refractivity contribution in [3.05, 3.63) is 75.8 Å². The Balaban J connectivity index is 1.54. The Labute approximate surface area is 176 Å². The number of aryl methyl sites for hydroxylation is 1. The molecule has 2 N–H and O–H groups in total. The summed E-state index contributed by atoms with van der Waals surface area (Å²) in [6.45, 7) is 1.77. The average molecular weight is 422 g/mol. The molecule has 1 unspecified atom stereocenters. The van der Waals surface area contributed by atoms with Gasteiger partial charge < -0.3 is 15.4 Å². The van der Waals surface area contributed by atoms with E-state index < -0.39 is 22.8 Å². The molecular weight excluding hydrogens is 404 g/mol. The molecule has 10 heteroatoms. The second-order valence-corrected chi connectivity index (χ2v) is 6.62. The number of nitro groups is 1. The maximum atomic E-state index is 12.0. The van der Waals surface area contributed by atoms with Crippen molar-refractivity contribution >= 4 is 35.3 Å². The first-order chi connectivity index (χ1) is 14.8. The normalized spacial score (nSPS) is 15.9. The minimum Gasteiger partial charge on any atom is -0.484 e. The third kappa shape index (κ3) is 5.82. The van der Waals surface area contributed by atoms with Crippen LogP contribution >= 0.6 is 0 Å². The van der Waals surface area contributed by atoms with Crippen molar-refractivity contribution in [3.63, 3.8) is 0 Å². The average Bonchev–Trinajstić information content (AvgIpc) is 2.71. The first-order valence-electron chi connectivity index (χ1n) is 9.16. The van der Waals surface area contributed by atoms with Crippen LogP contribution in [0.5, 0.6) is 5.75 Å². The number of rotatable bonds is 7. The zero-order chi connectivity index (χ0) is 22.4. The lowest BCUT2D eigenvalue weighted by Gasteiger charge is -2.12. The van der Waals surface area contributed by atoms with E-state index in [1.54, 1.807) is 36.4 Å². The van der Waals surface area contributed by atoms with Gasteiger partial charge in [-0.25, -0.2) is 0 Å². The monoisotopic (exact) mass is 422 g/mol. The summed E-state index contributed by atoms with van der Waals surface area (Å²) in [5.74, 6) is -2.05. The molecule has 10 nitrogen and oxygen atoms in total. The Morgan fingerprint density at radius 2 is 1.97 bits per heavy atom. The summed E-state index contributed by atoms with van der Waals surface area (Å²) < 4.78 is 5.46. The van der Waals surface area contributed by atoms with E-state index in [1.807, 2.05) is 25.1 Å². The van der Waals surface area contributed by atoms with Gasteiger partial charge in [-0.2, -0.15) is 4.99 Å². The molecule has 0 saturated heterocycles. The quantitative estimate of drug-likeness (QED) is 0.396. The molecular formula is C21H18N4O6. The van der Waals surface area contributed by atoms with E-state index in [-0.39, 0.29) is 18.3 Å². The molecule has 2 aromatic carbocycles. The second-order valence-electron chi connectivity index (χ2n) is 6.62. The van der Waals surface area contributed by atoms with E-state index >= 15 is 0 Å². The van der Waals surface area contributed by atoms with Crippen molar-refractivity contribution in [2.75, 3.05) is 11.9 Å². The third-order valence-electron chi connectivity index (χ3n) is 4.16. The van der Waals surface area contributed by atoms with Crippen LogP contribution in [0, 0.1) is 17.0 Å². The van der Waals surface area contributed by atoms with Gasteiger partial charge in [0.25, 0.3) is 5.91 Å². The molecule has 1 aliphatic heterocycles. The Morgan fingerprint density at radius 1 is 1.23 bits per heavy atom. The van der Waals surface area contributed by atoms with Gasteiger partial charge >= 0.3 is 17.9 Å². The highest BCUT2D eigenvalue weighted by atomic mass is 16.6. The van der Waals surface area contributed by atoms with E-state index in [9.17, 15) is 24.5 Å². The lowest BCUT2D eigenvalue weighted by Crippen LogP contribution is -2.50. The first-order valence-corrected chi connectivity index (χ1v) is 9.16. The fourth-order valence-electron chi connectivity index (χ4n) is 2.70. The maximum Gasteiger partial charge on any atom is 0.368 e. The van der Waals surface area contributed by atoms with Crippen molar-refractivity contribution in [3.8, 4) is 5.75 Å². The number of nitrogens with zero attached hydrogens (tertiary/aromatic N) is 2. The molecule has 0 radical (unpaired) electrons. The maximum absolute atomic E-state index is 12.0. The lowest BCUT2D eigenvalue weighted by atomic mass is 10.2. The lowest BCUT2D eigenvalue weighted by molar-refractivity contribution is -0.493. The van der Waals surface area contributed by atoms with Crippen molar-refractivity contribution in [1.29, 1.82) is 0 Å². The number of aliphatic imine (C=N–C) groups is 1. The van der Waals surface area contributed by atoms with Crippen LogP contribution in [0.15, 0.2) is 59.6 Å². The molecule has 1 aliphatic rings. The van der Waals surface area contributed by atoms with Gasteiger partial charge in [-0.05, 0) is 48.4 Å². The molecule has 1 atom stereocenters. The first kappa shape index (κ1) is 21.4. The van der Waals surface area contributed by atoms with Gasteiger partial charge in [-0.3, -0.25) is 24.5 Å². The number of amides is 3. The van der Waals surface area contributed by atoms with Crippen LogP contribution in [0.4, 0.5) is 5.69 Å². The van der Waals surface area contributed by atoms with E-state index in [0.29, 0.717) is 17.0 Å². The zero-order valence-electron chi connectivity index (χ0n) is 16.4. The van der Waals surface area contributed by atoms with Gasteiger partial charge in [0.15, 0.2) is 6.61 Å². The van der Waals surface area contributed by atoms with Crippen molar-refractivity contribution in [2.45, 2.75) is 13.0 Å². The minimum absolute atomic E-state index is 0.0822. The highest BCUT2D eigenvalue weighted by Crippen LogP contribution is 2.14. The van der Waals surface area contributed by atoms with Crippen LogP contribution < -0.4 is 15.4 Å². The summed E-state index contributed by atoms with van der Waals surface area (Å²) in [6, 6.07) is 12.1. The Hall–Kier alpha value is -4.34. The number of amidine groups is 1. The largest absolute Gasteiger partial charge is 0.484 e. The summed E-state index contributed by atoms with van der Waals surface area (Å²) in [7, 11) is 0. The topological polar surface area (TPSA) is 140 Å². The second kappa shape index (κ2) is 9.44. The van der Waals surface area contributed by atoms with Crippen LogP contribution in [-0.2, 0) is 14.4 Å². The van der Waals surface area contributed by atoms with E-state index in [0.717, 1.165) is 5.56 Å². The molecule has 158 valence electrons. The Bertz CT molecular complexity index is 1090. The number of hydrogen-bond donors (Lipinski definition) is 2. The molecule has 3 amide bonds.